The normalized spacial score (nSPS) is 15.1. The number of rotatable bonds is 10. The summed E-state index contributed by atoms with van der Waals surface area (Å²) in [5.74, 6) is 0.613. The lowest BCUT2D eigenvalue weighted by atomic mass is 9.95. The van der Waals surface area contributed by atoms with E-state index in [2.05, 4.69) is 11.6 Å². The first-order valence-corrected chi connectivity index (χ1v) is 12.5. The number of benzene rings is 2. The molecule has 1 aliphatic heterocycles. The molecular weight excluding hydrogens is 492 g/mol. The van der Waals surface area contributed by atoms with Crippen molar-refractivity contribution >= 4 is 23.4 Å². The van der Waals surface area contributed by atoms with Crippen LogP contribution in [0.15, 0.2) is 82.2 Å². The molecule has 3 aromatic rings. The number of methoxy groups -OCH3 is 2. The lowest BCUT2D eigenvalue weighted by Gasteiger charge is -2.26. The van der Waals surface area contributed by atoms with Crippen LogP contribution in [0.1, 0.15) is 24.1 Å². The van der Waals surface area contributed by atoms with Crippen LogP contribution in [0, 0.1) is 0 Å². The third kappa shape index (κ3) is 5.42. The average Bonchev–Trinajstić information content (AvgIpc) is 3.21. The molecule has 2 heterocycles. The number of para-hydroxylation sites is 2. The number of thiazole rings is 1. The summed E-state index contributed by atoms with van der Waals surface area (Å²) in [4.78, 5) is 32.2. The number of carbonyl (C=O) groups excluding carboxylic acids is 1. The zero-order valence-corrected chi connectivity index (χ0v) is 21.7. The number of ether oxygens (including phenoxy) is 4. The van der Waals surface area contributed by atoms with Crippen molar-refractivity contribution in [1.29, 1.82) is 0 Å². The van der Waals surface area contributed by atoms with E-state index in [0.29, 0.717) is 38.7 Å². The van der Waals surface area contributed by atoms with Gasteiger partial charge in [0.2, 0.25) is 0 Å². The van der Waals surface area contributed by atoms with Gasteiger partial charge >= 0.3 is 5.97 Å². The fourth-order valence-corrected chi connectivity index (χ4v) is 5.12. The first kappa shape index (κ1) is 26.1. The van der Waals surface area contributed by atoms with Gasteiger partial charge in [0.1, 0.15) is 30.8 Å². The summed E-state index contributed by atoms with van der Waals surface area (Å²) in [6.45, 7) is 6.11. The largest absolute Gasteiger partial charge is 0.496 e. The maximum Gasteiger partial charge on any atom is 0.338 e. The van der Waals surface area contributed by atoms with Gasteiger partial charge in [0.05, 0.1) is 29.5 Å². The number of aromatic nitrogens is 1. The minimum absolute atomic E-state index is 0.0800. The molecule has 0 fully saturated rings. The Balaban J connectivity index is 1.91. The molecule has 1 unspecified atom stereocenters. The summed E-state index contributed by atoms with van der Waals surface area (Å²) >= 11 is 1.25. The van der Waals surface area contributed by atoms with Crippen LogP contribution in [0.4, 0.5) is 0 Å². The van der Waals surface area contributed by atoms with Crippen molar-refractivity contribution in [3.8, 4) is 11.5 Å². The van der Waals surface area contributed by atoms with Crippen molar-refractivity contribution in [2.75, 3.05) is 34.0 Å². The van der Waals surface area contributed by atoms with E-state index in [4.69, 9.17) is 18.9 Å². The molecule has 1 aliphatic rings. The molecule has 0 saturated heterocycles. The number of fused-ring (bicyclic) bond motifs is 1. The molecule has 2 aromatic carbocycles. The number of hydrogen-bond acceptors (Lipinski definition) is 8. The van der Waals surface area contributed by atoms with E-state index in [0.717, 1.165) is 5.56 Å². The van der Waals surface area contributed by atoms with E-state index < -0.39 is 12.0 Å². The summed E-state index contributed by atoms with van der Waals surface area (Å²) in [6.07, 6.45) is 3.44. The van der Waals surface area contributed by atoms with Crippen molar-refractivity contribution < 1.29 is 23.7 Å². The maximum atomic E-state index is 13.9. The SMILES string of the molecule is C=CCOc1ccccc1C=c1sc2n(c1=O)C(c1ccccc1OC)C(C(=O)OCCOC)=C(C)N=2. The first-order chi connectivity index (χ1) is 18.0. The van der Waals surface area contributed by atoms with Crippen LogP contribution < -0.4 is 24.4 Å². The Morgan fingerprint density at radius 3 is 2.57 bits per heavy atom. The van der Waals surface area contributed by atoms with Crippen LogP contribution in [0.2, 0.25) is 0 Å². The van der Waals surface area contributed by atoms with Crippen LogP contribution in [0.5, 0.6) is 11.5 Å². The minimum Gasteiger partial charge on any atom is -0.496 e. The van der Waals surface area contributed by atoms with Gasteiger partial charge in [0, 0.05) is 18.2 Å². The molecule has 192 valence electrons. The molecule has 0 bridgehead atoms. The molecule has 0 radical (unpaired) electrons. The van der Waals surface area contributed by atoms with Gasteiger partial charge < -0.3 is 18.9 Å². The number of allylic oxidation sites excluding steroid dienone is 1. The topological polar surface area (TPSA) is 88.4 Å². The number of esters is 1. The van der Waals surface area contributed by atoms with Gasteiger partial charge in [-0.3, -0.25) is 9.36 Å². The molecule has 4 rings (SSSR count). The highest BCUT2D eigenvalue weighted by molar-refractivity contribution is 7.07. The molecule has 0 amide bonds. The highest BCUT2D eigenvalue weighted by atomic mass is 32.1. The fourth-order valence-electron chi connectivity index (χ4n) is 4.09. The lowest BCUT2D eigenvalue weighted by Crippen LogP contribution is -2.40. The predicted octanol–water partition coefficient (Wildman–Crippen LogP) is 3.00. The zero-order chi connectivity index (χ0) is 26.4. The molecule has 8 nitrogen and oxygen atoms in total. The van der Waals surface area contributed by atoms with E-state index in [-0.39, 0.29) is 24.3 Å². The van der Waals surface area contributed by atoms with E-state index in [9.17, 15) is 9.59 Å². The first-order valence-electron chi connectivity index (χ1n) is 11.6. The minimum atomic E-state index is -0.781. The lowest BCUT2D eigenvalue weighted by molar-refractivity contribution is -0.140. The van der Waals surface area contributed by atoms with Crippen LogP contribution in [0.25, 0.3) is 6.08 Å². The molecule has 9 heteroatoms. The van der Waals surface area contributed by atoms with Gasteiger partial charge in [-0.05, 0) is 25.1 Å². The van der Waals surface area contributed by atoms with Gasteiger partial charge in [-0.25, -0.2) is 9.79 Å². The molecule has 0 saturated carbocycles. The monoisotopic (exact) mass is 520 g/mol. The Labute approximate surface area is 218 Å². The van der Waals surface area contributed by atoms with Gasteiger partial charge in [0.25, 0.3) is 5.56 Å². The predicted molar refractivity (Wildman–Crippen MR) is 142 cm³/mol. The van der Waals surface area contributed by atoms with Crippen LogP contribution >= 0.6 is 11.3 Å². The molecule has 1 atom stereocenters. The van der Waals surface area contributed by atoms with Crippen molar-refractivity contribution in [2.45, 2.75) is 13.0 Å². The second-order valence-electron chi connectivity index (χ2n) is 8.09. The third-order valence-electron chi connectivity index (χ3n) is 5.76. The molecule has 0 spiro atoms. The molecule has 1 aromatic heterocycles. The Hall–Kier alpha value is -3.95. The van der Waals surface area contributed by atoms with E-state index in [1.165, 1.54) is 23.0 Å². The summed E-state index contributed by atoms with van der Waals surface area (Å²) in [6, 6.07) is 14.0. The Kier molecular flexibility index (Phi) is 8.37. The second kappa shape index (κ2) is 11.9. The van der Waals surface area contributed by atoms with Crippen LogP contribution in [-0.2, 0) is 14.3 Å². The average molecular weight is 521 g/mol. The van der Waals surface area contributed by atoms with E-state index >= 15 is 0 Å². The van der Waals surface area contributed by atoms with Gasteiger partial charge in [-0.1, -0.05) is 60.4 Å². The highest BCUT2D eigenvalue weighted by Gasteiger charge is 2.35. The molecular formula is C28H28N2O6S. The smallest absolute Gasteiger partial charge is 0.338 e. The summed E-state index contributed by atoms with van der Waals surface area (Å²) in [7, 11) is 3.08. The van der Waals surface area contributed by atoms with Crippen molar-refractivity contribution in [3.05, 3.63) is 103 Å². The van der Waals surface area contributed by atoms with Crippen molar-refractivity contribution in [3.63, 3.8) is 0 Å². The Bertz CT molecular complexity index is 1520. The standard InChI is InChI=1S/C28H28N2O6S/c1-5-14-35-21-12-8-6-10-19(21)17-23-26(31)30-25(20-11-7-9-13-22(20)34-4)24(18(2)29-28(30)37-23)27(32)36-16-15-33-3/h5-13,17,25H,1,14-16H2,2-4H3. The van der Waals surface area contributed by atoms with Crippen molar-refractivity contribution in [1.82, 2.24) is 4.57 Å². The highest BCUT2D eigenvalue weighted by Crippen LogP contribution is 2.35. The molecule has 0 N–H and O–H groups in total. The Morgan fingerprint density at radius 2 is 1.84 bits per heavy atom. The van der Waals surface area contributed by atoms with Crippen molar-refractivity contribution in [2.24, 2.45) is 4.99 Å². The molecule has 0 aliphatic carbocycles. The third-order valence-corrected chi connectivity index (χ3v) is 6.74. The Morgan fingerprint density at radius 1 is 1.11 bits per heavy atom. The van der Waals surface area contributed by atoms with E-state index in [1.807, 2.05) is 42.5 Å². The van der Waals surface area contributed by atoms with Gasteiger partial charge in [-0.15, -0.1) is 0 Å². The fraction of sp³-hybridized carbons (Fsp3) is 0.250. The van der Waals surface area contributed by atoms with E-state index in [1.54, 1.807) is 32.3 Å². The number of hydrogen-bond donors (Lipinski definition) is 0. The zero-order valence-electron chi connectivity index (χ0n) is 20.9. The maximum absolute atomic E-state index is 13.9. The van der Waals surface area contributed by atoms with Crippen LogP contribution in [-0.4, -0.2) is 44.6 Å². The summed E-state index contributed by atoms with van der Waals surface area (Å²) in [5, 5.41) is 0. The number of nitrogens with zero attached hydrogens (tertiary/aromatic N) is 2. The molecule has 37 heavy (non-hydrogen) atoms. The summed E-state index contributed by atoms with van der Waals surface area (Å²) < 4.78 is 23.8. The second-order valence-corrected chi connectivity index (χ2v) is 9.10. The quantitative estimate of drug-likeness (QED) is 0.232. The summed E-state index contributed by atoms with van der Waals surface area (Å²) in [5.41, 5.74) is 1.86. The van der Waals surface area contributed by atoms with Crippen LogP contribution in [0.3, 0.4) is 0 Å². The van der Waals surface area contributed by atoms with Gasteiger partial charge in [-0.2, -0.15) is 0 Å². The van der Waals surface area contributed by atoms with Gasteiger partial charge in [0.15, 0.2) is 4.80 Å². The number of carbonyl (C=O) groups is 1.